The van der Waals surface area contributed by atoms with Gasteiger partial charge in [-0.2, -0.15) is 0 Å². The molecule has 2 heterocycles. The van der Waals surface area contributed by atoms with Crippen LogP contribution in [0.1, 0.15) is 54.7 Å². The number of carbonyl (C=O) groups excluding carboxylic acids is 1. The molecule has 3 nitrogen and oxygen atoms in total. The van der Waals surface area contributed by atoms with Gasteiger partial charge in [-0.25, -0.2) is 0 Å². The van der Waals surface area contributed by atoms with Gasteiger partial charge in [0, 0.05) is 42.5 Å². The van der Waals surface area contributed by atoms with Gasteiger partial charge in [-0.05, 0) is 45.7 Å². The zero-order valence-corrected chi connectivity index (χ0v) is 11.4. The van der Waals surface area contributed by atoms with E-state index in [-0.39, 0.29) is 0 Å². The van der Waals surface area contributed by atoms with Gasteiger partial charge in [0.15, 0.2) is 5.78 Å². The fraction of sp³-hybridized carbons (Fsp3) is 0.667. The lowest BCUT2D eigenvalue weighted by Gasteiger charge is -2.36. The number of rotatable bonds is 1. The van der Waals surface area contributed by atoms with E-state index in [1.807, 2.05) is 6.07 Å². The minimum atomic E-state index is 0.343. The molecule has 3 heteroatoms. The smallest absolute Gasteiger partial charge is 0.164 e. The van der Waals surface area contributed by atoms with Crippen molar-refractivity contribution >= 4 is 5.78 Å². The number of hydrogen-bond acceptors (Lipinski definition) is 2. The van der Waals surface area contributed by atoms with E-state index in [2.05, 4.69) is 29.6 Å². The van der Waals surface area contributed by atoms with Crippen LogP contribution in [0.5, 0.6) is 0 Å². The Kier molecular flexibility index (Phi) is 3.02. The minimum Gasteiger partial charge on any atom is -0.348 e. The average Bonchev–Trinajstić information content (AvgIpc) is 2.78. The molecule has 2 unspecified atom stereocenters. The molecule has 1 saturated heterocycles. The van der Waals surface area contributed by atoms with Crippen molar-refractivity contribution in [2.45, 2.75) is 51.1 Å². The van der Waals surface area contributed by atoms with Gasteiger partial charge in [-0.15, -0.1) is 0 Å². The number of fused-ring (bicyclic) bond motifs is 1. The highest BCUT2D eigenvalue weighted by molar-refractivity contribution is 5.98. The number of likely N-dealkylation sites (tertiary alicyclic amines) is 1. The number of Topliss-reactive ketones (excluding diaryl/α,β-unsaturated/α-hetero) is 1. The fourth-order valence-corrected chi connectivity index (χ4v) is 3.41. The third kappa shape index (κ3) is 1.91. The van der Waals surface area contributed by atoms with Crippen molar-refractivity contribution in [1.29, 1.82) is 0 Å². The molecule has 18 heavy (non-hydrogen) atoms. The Bertz CT molecular complexity index is 463. The third-order valence-electron chi connectivity index (χ3n) is 4.72. The highest BCUT2D eigenvalue weighted by Crippen LogP contribution is 2.31. The molecule has 0 N–H and O–H groups in total. The van der Waals surface area contributed by atoms with Crippen molar-refractivity contribution in [2.75, 3.05) is 13.6 Å². The van der Waals surface area contributed by atoms with Crippen LogP contribution in [0.15, 0.2) is 12.3 Å². The van der Waals surface area contributed by atoms with Crippen LogP contribution in [0.4, 0.5) is 0 Å². The summed E-state index contributed by atoms with van der Waals surface area (Å²) in [5.74, 6) is 0.343. The highest BCUT2D eigenvalue weighted by atomic mass is 16.1. The molecule has 2 atom stereocenters. The second kappa shape index (κ2) is 4.54. The van der Waals surface area contributed by atoms with Crippen molar-refractivity contribution in [2.24, 2.45) is 0 Å². The molecular weight excluding hydrogens is 224 g/mol. The van der Waals surface area contributed by atoms with E-state index >= 15 is 0 Å². The van der Waals surface area contributed by atoms with E-state index in [9.17, 15) is 4.79 Å². The van der Waals surface area contributed by atoms with E-state index in [1.54, 1.807) is 0 Å². The normalized spacial score (nSPS) is 29.3. The topological polar surface area (TPSA) is 25.2 Å². The predicted molar refractivity (Wildman–Crippen MR) is 72.1 cm³/mol. The van der Waals surface area contributed by atoms with Gasteiger partial charge >= 0.3 is 0 Å². The fourth-order valence-electron chi connectivity index (χ4n) is 3.41. The Labute approximate surface area is 109 Å². The van der Waals surface area contributed by atoms with Gasteiger partial charge in [-0.3, -0.25) is 4.79 Å². The molecule has 0 aromatic carbocycles. The van der Waals surface area contributed by atoms with E-state index in [1.165, 1.54) is 18.5 Å². The van der Waals surface area contributed by atoms with E-state index in [0.717, 1.165) is 31.4 Å². The monoisotopic (exact) mass is 246 g/mol. The first-order valence-electron chi connectivity index (χ1n) is 7.10. The van der Waals surface area contributed by atoms with Crippen molar-refractivity contribution in [3.8, 4) is 0 Å². The summed E-state index contributed by atoms with van der Waals surface area (Å²) in [7, 11) is 2.20. The molecule has 98 valence electrons. The number of aromatic nitrogens is 1. The highest BCUT2D eigenvalue weighted by Gasteiger charge is 2.28. The van der Waals surface area contributed by atoms with Crippen LogP contribution in [-0.2, 0) is 6.42 Å². The summed E-state index contributed by atoms with van der Waals surface area (Å²) in [6.45, 7) is 3.46. The molecular formula is C15H22N2O. The molecule has 0 spiro atoms. The zero-order chi connectivity index (χ0) is 12.7. The van der Waals surface area contributed by atoms with Crippen LogP contribution in [0.2, 0.25) is 0 Å². The molecule has 1 aromatic rings. The van der Waals surface area contributed by atoms with Crippen molar-refractivity contribution in [3.05, 3.63) is 23.5 Å². The summed E-state index contributed by atoms with van der Waals surface area (Å²) in [6, 6.07) is 3.27. The van der Waals surface area contributed by atoms with E-state index in [0.29, 0.717) is 17.9 Å². The van der Waals surface area contributed by atoms with Gasteiger partial charge < -0.3 is 9.47 Å². The van der Waals surface area contributed by atoms with Gasteiger partial charge in [-0.1, -0.05) is 0 Å². The molecule has 0 saturated carbocycles. The summed E-state index contributed by atoms with van der Waals surface area (Å²) in [6.07, 6.45) is 7.40. The number of hydrogen-bond donors (Lipinski definition) is 0. The van der Waals surface area contributed by atoms with Crippen LogP contribution in [-0.4, -0.2) is 34.9 Å². The number of carbonyl (C=O) groups is 1. The van der Waals surface area contributed by atoms with Crippen molar-refractivity contribution < 1.29 is 4.79 Å². The number of nitrogens with zero attached hydrogens (tertiary/aromatic N) is 2. The Hall–Kier alpha value is -1.09. The van der Waals surface area contributed by atoms with E-state index in [4.69, 9.17) is 0 Å². The first kappa shape index (κ1) is 12.0. The Balaban J connectivity index is 1.87. The summed E-state index contributed by atoms with van der Waals surface area (Å²) in [4.78, 5) is 14.3. The maximum atomic E-state index is 11.9. The molecule has 1 aliphatic carbocycles. The number of ketones is 1. The van der Waals surface area contributed by atoms with Crippen molar-refractivity contribution in [1.82, 2.24) is 9.47 Å². The summed E-state index contributed by atoms with van der Waals surface area (Å²) >= 11 is 0. The summed E-state index contributed by atoms with van der Waals surface area (Å²) in [5, 5.41) is 0. The van der Waals surface area contributed by atoms with Crippen LogP contribution in [0.25, 0.3) is 0 Å². The maximum Gasteiger partial charge on any atom is 0.164 e. The SMILES string of the molecule is CC1CC(n2ccc3c2CCCC3=O)CCN1C. The second-order valence-electron chi connectivity index (χ2n) is 5.87. The molecule has 0 bridgehead atoms. The van der Waals surface area contributed by atoms with Gasteiger partial charge in [0.1, 0.15) is 0 Å². The maximum absolute atomic E-state index is 11.9. The standard InChI is InChI=1S/C15H22N2O/c1-11-10-12(6-8-16(11)2)17-9-7-13-14(17)4-3-5-15(13)18/h7,9,11-12H,3-6,8,10H2,1-2H3. The number of piperidine rings is 1. The minimum absolute atomic E-state index is 0.343. The Morgan fingerprint density at radius 2 is 2.17 bits per heavy atom. The quantitative estimate of drug-likeness (QED) is 0.761. The molecule has 3 rings (SSSR count). The molecule has 0 amide bonds. The Morgan fingerprint density at radius 3 is 2.94 bits per heavy atom. The molecule has 1 aliphatic heterocycles. The first-order chi connectivity index (χ1) is 8.66. The van der Waals surface area contributed by atoms with Gasteiger partial charge in [0.05, 0.1) is 0 Å². The summed E-state index contributed by atoms with van der Waals surface area (Å²) in [5.41, 5.74) is 2.29. The lowest BCUT2D eigenvalue weighted by molar-refractivity contribution is 0.0970. The third-order valence-corrected chi connectivity index (χ3v) is 4.72. The van der Waals surface area contributed by atoms with E-state index < -0.39 is 0 Å². The summed E-state index contributed by atoms with van der Waals surface area (Å²) < 4.78 is 2.40. The molecule has 2 aliphatic rings. The lowest BCUT2D eigenvalue weighted by atomic mass is 9.94. The predicted octanol–water partition coefficient (Wildman–Crippen LogP) is 2.66. The Morgan fingerprint density at radius 1 is 1.33 bits per heavy atom. The molecule has 1 fully saturated rings. The lowest BCUT2D eigenvalue weighted by Crippen LogP contribution is -2.38. The van der Waals surface area contributed by atoms with Crippen LogP contribution < -0.4 is 0 Å². The molecule has 0 radical (unpaired) electrons. The van der Waals surface area contributed by atoms with Crippen molar-refractivity contribution in [3.63, 3.8) is 0 Å². The largest absolute Gasteiger partial charge is 0.348 e. The molecule has 1 aromatic heterocycles. The van der Waals surface area contributed by atoms with Crippen LogP contribution in [0, 0.1) is 0 Å². The first-order valence-corrected chi connectivity index (χ1v) is 7.10. The van der Waals surface area contributed by atoms with Crippen LogP contribution in [0.3, 0.4) is 0 Å². The van der Waals surface area contributed by atoms with Gasteiger partial charge in [0.25, 0.3) is 0 Å². The average molecular weight is 246 g/mol. The van der Waals surface area contributed by atoms with Crippen LogP contribution >= 0.6 is 0 Å². The zero-order valence-electron chi connectivity index (χ0n) is 11.4. The second-order valence-corrected chi connectivity index (χ2v) is 5.87. The van der Waals surface area contributed by atoms with Gasteiger partial charge in [0.2, 0.25) is 0 Å².